The number of primary amides is 1. The van der Waals surface area contributed by atoms with Crippen LogP contribution in [-0.4, -0.2) is 32.4 Å². The van der Waals surface area contributed by atoms with Gasteiger partial charge in [-0.3, -0.25) is 4.79 Å². The first kappa shape index (κ1) is 14.0. The van der Waals surface area contributed by atoms with E-state index in [0.29, 0.717) is 13.1 Å². The number of sulfone groups is 1. The van der Waals surface area contributed by atoms with Crippen LogP contribution in [-0.2, 0) is 9.84 Å². The average molecular weight is 286 g/mol. The summed E-state index contributed by atoms with van der Waals surface area (Å²) in [5.41, 5.74) is 5.26. The Morgan fingerprint density at radius 2 is 1.74 bits per heavy atom. The summed E-state index contributed by atoms with van der Waals surface area (Å²) in [5, 5.41) is 0.678. The van der Waals surface area contributed by atoms with E-state index in [9.17, 15) is 17.6 Å². The Bertz CT molecular complexity index is 577. The number of piperidine rings is 1. The molecule has 2 rings (SSSR count). The Balaban J connectivity index is 2.36. The first-order chi connectivity index (χ1) is 8.87. The van der Waals surface area contributed by atoms with E-state index >= 15 is 0 Å². The van der Waals surface area contributed by atoms with E-state index < -0.39 is 20.7 Å². The van der Waals surface area contributed by atoms with Crippen molar-refractivity contribution in [2.45, 2.75) is 22.7 Å². The van der Waals surface area contributed by atoms with Gasteiger partial charge in [0.1, 0.15) is 0 Å². The molecular weight excluding hydrogens is 271 g/mol. The Hall–Kier alpha value is -1.47. The first-order valence-corrected chi connectivity index (χ1v) is 7.39. The van der Waals surface area contributed by atoms with Crippen molar-refractivity contribution in [3.8, 4) is 0 Å². The SMILES string of the molecule is NC(=O)c1ccc(S(=O)(=O)C2(F)CCNCC2)cc1. The summed E-state index contributed by atoms with van der Waals surface area (Å²) in [4.78, 5) is 10.8. The molecule has 0 saturated carbocycles. The molecule has 1 aliphatic heterocycles. The van der Waals surface area contributed by atoms with E-state index in [1.54, 1.807) is 0 Å². The lowest BCUT2D eigenvalue weighted by molar-refractivity contribution is 0.1000. The number of nitrogens with two attached hydrogens (primary N) is 1. The van der Waals surface area contributed by atoms with Gasteiger partial charge in [0.25, 0.3) is 0 Å². The topological polar surface area (TPSA) is 89.3 Å². The van der Waals surface area contributed by atoms with Crippen LogP contribution < -0.4 is 11.1 Å². The summed E-state index contributed by atoms with van der Waals surface area (Å²) >= 11 is 0. The largest absolute Gasteiger partial charge is 0.366 e. The molecule has 0 bridgehead atoms. The number of carbonyl (C=O) groups excluding carboxylic acids is 1. The van der Waals surface area contributed by atoms with Gasteiger partial charge in [-0.05, 0) is 37.4 Å². The van der Waals surface area contributed by atoms with Crippen LogP contribution in [0, 0.1) is 0 Å². The van der Waals surface area contributed by atoms with Crippen molar-refractivity contribution in [2.24, 2.45) is 5.73 Å². The fourth-order valence-electron chi connectivity index (χ4n) is 2.08. The number of hydrogen-bond donors (Lipinski definition) is 2. The lowest BCUT2D eigenvalue weighted by Crippen LogP contribution is -2.44. The molecule has 104 valence electrons. The van der Waals surface area contributed by atoms with Gasteiger partial charge in [0.05, 0.1) is 4.90 Å². The van der Waals surface area contributed by atoms with E-state index in [1.807, 2.05) is 0 Å². The monoisotopic (exact) mass is 286 g/mol. The summed E-state index contributed by atoms with van der Waals surface area (Å²) in [7, 11) is -4.06. The van der Waals surface area contributed by atoms with Crippen molar-refractivity contribution in [3.05, 3.63) is 29.8 Å². The van der Waals surface area contributed by atoms with Crippen molar-refractivity contribution < 1.29 is 17.6 Å². The van der Waals surface area contributed by atoms with Gasteiger partial charge in [-0.15, -0.1) is 0 Å². The molecule has 1 fully saturated rings. The molecule has 0 aromatic heterocycles. The fraction of sp³-hybridized carbons (Fsp3) is 0.417. The third-order valence-electron chi connectivity index (χ3n) is 3.28. The van der Waals surface area contributed by atoms with E-state index in [1.165, 1.54) is 24.3 Å². The van der Waals surface area contributed by atoms with Crippen LogP contribution in [0.5, 0.6) is 0 Å². The number of hydrogen-bond acceptors (Lipinski definition) is 4. The van der Waals surface area contributed by atoms with Crippen molar-refractivity contribution in [3.63, 3.8) is 0 Å². The number of alkyl halides is 1. The van der Waals surface area contributed by atoms with Crippen molar-refractivity contribution >= 4 is 15.7 Å². The lowest BCUT2D eigenvalue weighted by Gasteiger charge is -2.29. The number of rotatable bonds is 3. The van der Waals surface area contributed by atoms with E-state index in [0.717, 1.165) is 0 Å². The molecule has 1 amide bonds. The molecule has 1 aromatic carbocycles. The van der Waals surface area contributed by atoms with Gasteiger partial charge < -0.3 is 11.1 Å². The predicted molar refractivity (Wildman–Crippen MR) is 68.1 cm³/mol. The maximum Gasteiger partial charge on any atom is 0.248 e. The van der Waals surface area contributed by atoms with Crippen LogP contribution in [0.2, 0.25) is 0 Å². The van der Waals surface area contributed by atoms with E-state index in [4.69, 9.17) is 5.73 Å². The second kappa shape index (κ2) is 4.90. The van der Waals surface area contributed by atoms with Gasteiger partial charge in [0.2, 0.25) is 20.7 Å². The highest BCUT2D eigenvalue weighted by atomic mass is 32.2. The van der Waals surface area contributed by atoms with Crippen LogP contribution in [0.3, 0.4) is 0 Å². The van der Waals surface area contributed by atoms with Gasteiger partial charge in [-0.25, -0.2) is 12.8 Å². The Morgan fingerprint density at radius 3 is 2.21 bits per heavy atom. The van der Waals surface area contributed by atoms with Crippen LogP contribution in [0.4, 0.5) is 4.39 Å². The third kappa shape index (κ3) is 2.48. The molecule has 19 heavy (non-hydrogen) atoms. The van der Waals surface area contributed by atoms with Gasteiger partial charge in [-0.1, -0.05) is 0 Å². The molecule has 1 aromatic rings. The van der Waals surface area contributed by atoms with Gasteiger partial charge in [-0.2, -0.15) is 0 Å². The third-order valence-corrected chi connectivity index (χ3v) is 5.55. The van der Waals surface area contributed by atoms with Crippen LogP contribution in [0.15, 0.2) is 29.2 Å². The van der Waals surface area contributed by atoms with Gasteiger partial charge in [0, 0.05) is 18.4 Å². The quantitative estimate of drug-likeness (QED) is 0.852. The standard InChI is InChI=1S/C12H15FN2O3S/c13-12(5-7-15-8-6-12)19(17,18)10-3-1-9(2-4-10)11(14)16/h1-4,15H,5-8H2,(H2,14,16). The van der Waals surface area contributed by atoms with Crippen LogP contribution in [0.1, 0.15) is 23.2 Å². The smallest absolute Gasteiger partial charge is 0.248 e. The van der Waals surface area contributed by atoms with E-state index in [-0.39, 0.29) is 23.3 Å². The minimum absolute atomic E-state index is 0.0765. The normalized spacial score (nSPS) is 19.0. The number of halogens is 1. The minimum Gasteiger partial charge on any atom is -0.366 e. The molecule has 0 radical (unpaired) electrons. The summed E-state index contributed by atoms with van der Waals surface area (Å²) in [6, 6.07) is 5.02. The number of amides is 1. The molecule has 0 atom stereocenters. The highest BCUT2D eigenvalue weighted by Crippen LogP contribution is 2.34. The highest BCUT2D eigenvalue weighted by Gasteiger charge is 2.45. The molecule has 1 aliphatic rings. The predicted octanol–water partition coefficient (Wildman–Crippen LogP) is 0.608. The molecule has 1 heterocycles. The zero-order chi connectivity index (χ0) is 14.1. The maximum absolute atomic E-state index is 14.6. The summed E-state index contributed by atoms with van der Waals surface area (Å²) < 4.78 is 39.1. The van der Waals surface area contributed by atoms with E-state index in [2.05, 4.69) is 5.32 Å². The molecule has 7 heteroatoms. The molecule has 0 spiro atoms. The number of benzene rings is 1. The summed E-state index contributed by atoms with van der Waals surface area (Å²) in [5.74, 6) is -0.652. The number of nitrogens with one attached hydrogen (secondary N) is 1. The second-order valence-corrected chi connectivity index (χ2v) is 6.74. The summed E-state index contributed by atoms with van der Waals surface area (Å²) in [6.45, 7) is 0.657. The lowest BCUT2D eigenvalue weighted by atomic mass is 10.1. The summed E-state index contributed by atoms with van der Waals surface area (Å²) in [6.07, 6.45) is -0.153. The molecule has 1 saturated heterocycles. The molecule has 3 N–H and O–H groups in total. The Labute approximate surface area is 110 Å². The second-order valence-electron chi connectivity index (χ2n) is 4.53. The molecule has 0 unspecified atom stereocenters. The highest BCUT2D eigenvalue weighted by molar-refractivity contribution is 7.92. The van der Waals surface area contributed by atoms with Gasteiger partial charge >= 0.3 is 0 Å². The minimum atomic E-state index is -4.06. The fourth-order valence-corrected chi connectivity index (χ4v) is 3.74. The Kier molecular flexibility index (Phi) is 3.60. The van der Waals surface area contributed by atoms with Crippen LogP contribution >= 0.6 is 0 Å². The van der Waals surface area contributed by atoms with Crippen molar-refractivity contribution in [1.82, 2.24) is 5.32 Å². The van der Waals surface area contributed by atoms with Crippen LogP contribution in [0.25, 0.3) is 0 Å². The number of carbonyl (C=O) groups is 1. The Morgan fingerprint density at radius 1 is 1.21 bits per heavy atom. The first-order valence-electron chi connectivity index (χ1n) is 5.91. The van der Waals surface area contributed by atoms with Crippen molar-refractivity contribution in [1.29, 1.82) is 0 Å². The van der Waals surface area contributed by atoms with Gasteiger partial charge in [0.15, 0.2) is 0 Å². The molecule has 0 aliphatic carbocycles. The molecule has 5 nitrogen and oxygen atoms in total. The van der Waals surface area contributed by atoms with Crippen molar-refractivity contribution in [2.75, 3.05) is 13.1 Å². The molecular formula is C12H15FN2O3S. The zero-order valence-electron chi connectivity index (χ0n) is 10.2. The maximum atomic E-state index is 14.6. The average Bonchev–Trinajstić information content (AvgIpc) is 2.39. The zero-order valence-corrected chi connectivity index (χ0v) is 11.0.